The first-order valence-electron chi connectivity index (χ1n) is 14.2. The van der Waals surface area contributed by atoms with Crippen molar-refractivity contribution in [3.05, 3.63) is 62.0 Å². The van der Waals surface area contributed by atoms with E-state index in [1.54, 1.807) is 10.6 Å². The van der Waals surface area contributed by atoms with Gasteiger partial charge in [0.1, 0.15) is 6.61 Å². The average Bonchev–Trinajstić information content (AvgIpc) is 2.88. The van der Waals surface area contributed by atoms with Gasteiger partial charge in [0.25, 0.3) is 11.2 Å². The van der Waals surface area contributed by atoms with E-state index >= 15 is 0 Å². The maximum absolute atomic E-state index is 13.7. The lowest BCUT2D eigenvalue weighted by Crippen LogP contribution is -2.24. The molecule has 0 fully saturated rings. The number of nitro benzene ring substituents is 1. The fourth-order valence-electron chi connectivity index (χ4n) is 4.32. The second kappa shape index (κ2) is 16.7. The molecule has 0 aliphatic carbocycles. The topological polar surface area (TPSA) is 83.6 Å². The van der Waals surface area contributed by atoms with Gasteiger partial charge in [-0.3, -0.25) is 14.9 Å². The Morgan fingerprint density at radius 2 is 1.66 bits per heavy atom. The molecule has 7 nitrogen and oxygen atoms in total. The van der Waals surface area contributed by atoms with Crippen LogP contribution < -0.4 is 15.0 Å². The number of hydrogen-bond acceptors (Lipinski definition) is 5. The summed E-state index contributed by atoms with van der Waals surface area (Å²) in [5, 5.41) is 12.2. The highest BCUT2D eigenvalue weighted by atomic mass is 16.6. The SMILES string of the molecule is CCCCCCCCOc1c(OC/C=C(\C)CCC=C(C)C)c2ccc([N+](=O)[O-])cc2n(CCCC)c1=O. The van der Waals surface area contributed by atoms with Crippen LogP contribution in [0, 0.1) is 10.1 Å². The zero-order chi connectivity index (χ0) is 27.9. The van der Waals surface area contributed by atoms with Gasteiger partial charge in [-0.05, 0) is 58.6 Å². The number of nitrogens with zero attached hydrogens (tertiary/aromatic N) is 2. The molecule has 2 aromatic rings. The smallest absolute Gasteiger partial charge is 0.297 e. The number of unbranched alkanes of at least 4 members (excludes halogenated alkanes) is 6. The normalized spacial score (nSPS) is 11.6. The highest BCUT2D eigenvalue weighted by Crippen LogP contribution is 2.35. The van der Waals surface area contributed by atoms with Gasteiger partial charge >= 0.3 is 0 Å². The molecule has 0 radical (unpaired) electrons. The lowest BCUT2D eigenvalue weighted by molar-refractivity contribution is -0.384. The quantitative estimate of drug-likeness (QED) is 0.0841. The first-order chi connectivity index (χ1) is 18.3. The number of pyridine rings is 1. The molecule has 1 heterocycles. The van der Waals surface area contributed by atoms with Crippen LogP contribution >= 0.6 is 0 Å². The fraction of sp³-hybridized carbons (Fsp3) is 0.581. The Morgan fingerprint density at radius 1 is 0.947 bits per heavy atom. The monoisotopic (exact) mass is 526 g/mol. The summed E-state index contributed by atoms with van der Waals surface area (Å²) in [6.45, 7) is 11.7. The number of aryl methyl sites for hydroxylation is 1. The van der Waals surface area contributed by atoms with Crippen molar-refractivity contribution in [3.8, 4) is 11.5 Å². The van der Waals surface area contributed by atoms with Crippen LogP contribution in [0.2, 0.25) is 0 Å². The van der Waals surface area contributed by atoms with Crippen molar-refractivity contribution < 1.29 is 14.4 Å². The summed E-state index contributed by atoms with van der Waals surface area (Å²) in [6, 6.07) is 4.60. The molecule has 210 valence electrons. The molecule has 38 heavy (non-hydrogen) atoms. The third-order valence-electron chi connectivity index (χ3n) is 6.60. The molecule has 0 aliphatic rings. The van der Waals surface area contributed by atoms with Crippen molar-refractivity contribution in [2.75, 3.05) is 13.2 Å². The number of fused-ring (bicyclic) bond motifs is 1. The number of hydrogen-bond donors (Lipinski definition) is 0. The third kappa shape index (κ3) is 9.66. The van der Waals surface area contributed by atoms with Gasteiger partial charge in [-0.1, -0.05) is 69.6 Å². The largest absolute Gasteiger partial charge is 0.485 e. The molecule has 0 saturated carbocycles. The predicted octanol–water partition coefficient (Wildman–Crippen LogP) is 8.52. The van der Waals surface area contributed by atoms with Gasteiger partial charge in [-0.25, -0.2) is 0 Å². The highest BCUT2D eigenvalue weighted by molar-refractivity contribution is 5.89. The Bertz CT molecular complexity index is 1160. The van der Waals surface area contributed by atoms with Crippen LogP contribution in [0.25, 0.3) is 10.9 Å². The van der Waals surface area contributed by atoms with Gasteiger partial charge in [-0.15, -0.1) is 0 Å². The summed E-state index contributed by atoms with van der Waals surface area (Å²) >= 11 is 0. The predicted molar refractivity (Wildman–Crippen MR) is 157 cm³/mol. The first kappa shape index (κ1) is 31.1. The maximum Gasteiger partial charge on any atom is 0.297 e. The summed E-state index contributed by atoms with van der Waals surface area (Å²) in [4.78, 5) is 24.7. The molecule has 0 bridgehead atoms. The number of aromatic nitrogens is 1. The van der Waals surface area contributed by atoms with Crippen LogP contribution in [-0.2, 0) is 6.54 Å². The number of allylic oxidation sites excluding steroid dienone is 3. The Labute approximate surface area is 227 Å². The molecule has 0 saturated heterocycles. The van der Waals surface area contributed by atoms with E-state index < -0.39 is 4.92 Å². The number of ether oxygens (including phenoxy) is 2. The molecule has 1 aromatic carbocycles. The molecule has 0 N–H and O–H groups in total. The molecule has 0 aliphatic heterocycles. The van der Waals surface area contributed by atoms with Gasteiger partial charge in [0.05, 0.1) is 17.0 Å². The van der Waals surface area contributed by atoms with Crippen LogP contribution in [0.3, 0.4) is 0 Å². The Kier molecular flexibility index (Phi) is 13.7. The van der Waals surface area contributed by atoms with E-state index in [0.29, 0.717) is 36.4 Å². The van der Waals surface area contributed by atoms with Crippen LogP contribution in [0.4, 0.5) is 5.69 Å². The van der Waals surface area contributed by atoms with Gasteiger partial charge < -0.3 is 14.0 Å². The van der Waals surface area contributed by atoms with Crippen molar-refractivity contribution >= 4 is 16.6 Å². The van der Waals surface area contributed by atoms with Gasteiger partial charge in [0.2, 0.25) is 5.75 Å². The average molecular weight is 527 g/mol. The molecule has 7 heteroatoms. The second-order valence-corrected chi connectivity index (χ2v) is 10.2. The van der Waals surface area contributed by atoms with Crippen LogP contribution in [0.5, 0.6) is 11.5 Å². The van der Waals surface area contributed by atoms with E-state index in [9.17, 15) is 14.9 Å². The van der Waals surface area contributed by atoms with E-state index in [1.165, 1.54) is 42.5 Å². The van der Waals surface area contributed by atoms with Gasteiger partial charge in [0, 0.05) is 24.1 Å². The summed E-state index contributed by atoms with van der Waals surface area (Å²) < 4.78 is 13.9. The molecule has 2 rings (SSSR count). The number of benzene rings is 1. The first-order valence-corrected chi connectivity index (χ1v) is 14.2. The van der Waals surface area contributed by atoms with E-state index in [2.05, 4.69) is 40.7 Å². The summed E-state index contributed by atoms with van der Waals surface area (Å²) in [5.41, 5.74) is 2.66. The van der Waals surface area contributed by atoms with Crippen molar-refractivity contribution in [1.29, 1.82) is 0 Å². The molecule has 0 atom stereocenters. The van der Waals surface area contributed by atoms with Crippen LogP contribution in [-0.4, -0.2) is 22.7 Å². The number of non-ortho nitro benzene ring substituents is 1. The van der Waals surface area contributed by atoms with Gasteiger partial charge in [0.15, 0.2) is 5.75 Å². The highest BCUT2D eigenvalue weighted by Gasteiger charge is 2.21. The molecule has 0 unspecified atom stereocenters. The summed E-state index contributed by atoms with van der Waals surface area (Å²) in [7, 11) is 0. The van der Waals surface area contributed by atoms with E-state index in [-0.39, 0.29) is 17.0 Å². The zero-order valence-electron chi connectivity index (χ0n) is 24.0. The van der Waals surface area contributed by atoms with Gasteiger partial charge in [-0.2, -0.15) is 0 Å². The standard InChI is InChI=1S/C31H46N2O5/c1-6-8-10-11-12-13-21-37-30-29(38-22-19-25(5)16-14-15-24(3)4)27-18-17-26(33(35)36)23-28(27)32(31(30)34)20-9-7-2/h15,17-19,23H,6-14,16,20-22H2,1-5H3/b25-19+. The van der Waals surface area contributed by atoms with Crippen molar-refractivity contribution in [2.45, 2.75) is 105 Å². The number of nitro groups is 1. The molecular formula is C31H46N2O5. The maximum atomic E-state index is 13.7. The zero-order valence-corrected chi connectivity index (χ0v) is 24.0. The Hall–Kier alpha value is -3.09. The van der Waals surface area contributed by atoms with Crippen molar-refractivity contribution in [2.24, 2.45) is 0 Å². The minimum Gasteiger partial charge on any atom is -0.485 e. The Balaban J connectivity index is 2.41. The van der Waals surface area contributed by atoms with Crippen LogP contribution in [0.15, 0.2) is 46.3 Å². The van der Waals surface area contributed by atoms with Crippen molar-refractivity contribution in [3.63, 3.8) is 0 Å². The molecule has 0 spiro atoms. The minimum atomic E-state index is -0.434. The number of rotatable bonds is 18. The summed E-state index contributed by atoms with van der Waals surface area (Å²) in [6.07, 6.45) is 14.5. The molecule has 1 aromatic heterocycles. The lowest BCUT2D eigenvalue weighted by Gasteiger charge is -2.18. The lowest BCUT2D eigenvalue weighted by atomic mass is 10.1. The van der Waals surface area contributed by atoms with E-state index in [4.69, 9.17) is 9.47 Å². The molecular weight excluding hydrogens is 480 g/mol. The van der Waals surface area contributed by atoms with E-state index in [0.717, 1.165) is 44.9 Å². The van der Waals surface area contributed by atoms with Crippen molar-refractivity contribution in [1.82, 2.24) is 4.57 Å². The van der Waals surface area contributed by atoms with E-state index in [1.807, 2.05) is 6.08 Å². The molecule has 0 amide bonds. The second-order valence-electron chi connectivity index (χ2n) is 10.2. The van der Waals surface area contributed by atoms with Crippen LogP contribution in [0.1, 0.15) is 98.8 Å². The third-order valence-corrected chi connectivity index (χ3v) is 6.60. The Morgan fingerprint density at radius 3 is 2.34 bits per heavy atom. The fourth-order valence-corrected chi connectivity index (χ4v) is 4.32. The minimum absolute atomic E-state index is 0.0520. The summed E-state index contributed by atoms with van der Waals surface area (Å²) in [5.74, 6) is 0.568.